The van der Waals surface area contributed by atoms with E-state index in [2.05, 4.69) is 10.4 Å². The number of carboxylic acid groups (broad SMARTS) is 1. The van der Waals surface area contributed by atoms with Crippen molar-refractivity contribution in [3.63, 3.8) is 0 Å². The van der Waals surface area contributed by atoms with Crippen LogP contribution in [-0.2, 0) is 11.3 Å². The zero-order chi connectivity index (χ0) is 15.1. The van der Waals surface area contributed by atoms with Gasteiger partial charge in [0.25, 0.3) is 11.5 Å². The molecule has 0 saturated heterocycles. The summed E-state index contributed by atoms with van der Waals surface area (Å²) >= 11 is 0. The molecule has 0 aromatic carbocycles. The molecule has 0 spiro atoms. The topological polar surface area (TPSA) is 122 Å². The summed E-state index contributed by atoms with van der Waals surface area (Å²) in [5.41, 5.74) is -0.365. The van der Waals surface area contributed by atoms with Gasteiger partial charge in [0.05, 0.1) is 0 Å². The number of carbonyl (C=O) groups is 2. The predicted molar refractivity (Wildman–Crippen MR) is 69.4 cm³/mol. The molecule has 0 saturated carbocycles. The number of carboxylic acids is 1. The molecule has 110 valence electrons. The van der Waals surface area contributed by atoms with Crippen LogP contribution in [0, 0.1) is 0 Å². The Labute approximate surface area is 115 Å². The number of nitrogens with zero attached hydrogens (tertiary/aromatic N) is 2. The van der Waals surface area contributed by atoms with Crippen LogP contribution in [0.15, 0.2) is 16.9 Å². The number of hydrogen-bond donors (Lipinski definition) is 3. The minimum atomic E-state index is -1.24. The van der Waals surface area contributed by atoms with Crippen LogP contribution in [0.5, 0.6) is 0 Å². The van der Waals surface area contributed by atoms with Crippen LogP contribution >= 0.6 is 0 Å². The van der Waals surface area contributed by atoms with E-state index in [-0.39, 0.29) is 24.3 Å². The molecule has 8 heteroatoms. The Bertz CT molecular complexity index is 540. The van der Waals surface area contributed by atoms with Crippen LogP contribution < -0.4 is 10.9 Å². The van der Waals surface area contributed by atoms with E-state index in [9.17, 15) is 14.4 Å². The molecule has 0 aliphatic carbocycles. The Kier molecular flexibility index (Phi) is 5.85. The Hall–Kier alpha value is -2.22. The van der Waals surface area contributed by atoms with Gasteiger partial charge in [-0.05, 0) is 12.5 Å². The first kappa shape index (κ1) is 15.8. The maximum atomic E-state index is 11.9. The molecule has 0 aliphatic rings. The van der Waals surface area contributed by atoms with Gasteiger partial charge in [-0.1, -0.05) is 6.92 Å². The lowest BCUT2D eigenvalue weighted by Gasteiger charge is -2.13. The van der Waals surface area contributed by atoms with Crippen LogP contribution in [0.3, 0.4) is 0 Å². The van der Waals surface area contributed by atoms with Crippen molar-refractivity contribution in [1.29, 1.82) is 0 Å². The molecule has 1 heterocycles. The van der Waals surface area contributed by atoms with Gasteiger partial charge in [-0.15, -0.1) is 0 Å². The van der Waals surface area contributed by atoms with Gasteiger partial charge in [0.2, 0.25) is 0 Å². The van der Waals surface area contributed by atoms with E-state index in [1.54, 1.807) is 0 Å². The Morgan fingerprint density at radius 3 is 2.70 bits per heavy atom. The van der Waals surface area contributed by atoms with Gasteiger partial charge in [-0.25, -0.2) is 9.48 Å². The molecule has 20 heavy (non-hydrogen) atoms. The highest BCUT2D eigenvalue weighted by atomic mass is 16.4. The van der Waals surface area contributed by atoms with Crippen LogP contribution in [-0.4, -0.2) is 44.5 Å². The van der Waals surface area contributed by atoms with Crippen LogP contribution in [0.25, 0.3) is 0 Å². The number of aliphatic carboxylic acids is 1. The van der Waals surface area contributed by atoms with Crippen molar-refractivity contribution >= 4 is 11.9 Å². The predicted octanol–water partition coefficient (Wildman–Crippen LogP) is -0.781. The van der Waals surface area contributed by atoms with E-state index in [4.69, 9.17) is 10.2 Å². The van der Waals surface area contributed by atoms with Gasteiger partial charge in [-0.3, -0.25) is 9.59 Å². The van der Waals surface area contributed by atoms with Crippen molar-refractivity contribution in [3.8, 4) is 0 Å². The number of aryl methyl sites for hydroxylation is 1. The lowest BCUT2D eigenvalue weighted by Crippen LogP contribution is -2.42. The van der Waals surface area contributed by atoms with E-state index in [1.807, 2.05) is 6.92 Å². The molecule has 3 N–H and O–H groups in total. The molecule has 1 amide bonds. The van der Waals surface area contributed by atoms with E-state index in [0.717, 1.165) is 4.68 Å². The Morgan fingerprint density at radius 2 is 2.15 bits per heavy atom. The van der Waals surface area contributed by atoms with Crippen molar-refractivity contribution in [2.24, 2.45) is 0 Å². The Morgan fingerprint density at radius 1 is 1.45 bits per heavy atom. The molecular formula is C12H17N3O5. The molecule has 1 atom stereocenters. The quantitative estimate of drug-likeness (QED) is 0.603. The van der Waals surface area contributed by atoms with Gasteiger partial charge >= 0.3 is 5.97 Å². The fraction of sp³-hybridized carbons (Fsp3) is 0.500. The van der Waals surface area contributed by atoms with Gasteiger partial charge in [-0.2, -0.15) is 5.10 Å². The number of nitrogens with one attached hydrogen (secondary N) is 1. The van der Waals surface area contributed by atoms with Crippen molar-refractivity contribution in [3.05, 3.63) is 28.2 Å². The standard InChI is InChI=1S/C12H17N3O5/c1-2-6-15-10(17)4-3-8(14-15)11(18)13-9(5-7-16)12(19)20/h3-4,9,16H,2,5-7H2,1H3,(H,13,18)(H,19,20)/t9-/m0/s1. The zero-order valence-electron chi connectivity index (χ0n) is 11.1. The molecule has 0 radical (unpaired) electrons. The molecule has 0 aliphatic heterocycles. The highest BCUT2D eigenvalue weighted by Gasteiger charge is 2.21. The number of rotatable bonds is 7. The molecule has 0 unspecified atom stereocenters. The number of aliphatic hydroxyl groups excluding tert-OH is 1. The van der Waals surface area contributed by atoms with E-state index < -0.39 is 17.9 Å². The second kappa shape index (κ2) is 7.39. The number of hydrogen-bond acceptors (Lipinski definition) is 5. The first-order chi connectivity index (χ1) is 9.49. The summed E-state index contributed by atoms with van der Waals surface area (Å²) in [5.74, 6) is -1.94. The fourth-order valence-electron chi connectivity index (χ4n) is 1.56. The summed E-state index contributed by atoms with van der Waals surface area (Å²) in [7, 11) is 0. The third-order valence-corrected chi connectivity index (χ3v) is 2.56. The van der Waals surface area contributed by atoms with Crippen molar-refractivity contribution < 1.29 is 19.8 Å². The number of aliphatic hydroxyl groups is 1. The number of carbonyl (C=O) groups excluding carboxylic acids is 1. The van der Waals surface area contributed by atoms with E-state index in [0.29, 0.717) is 13.0 Å². The van der Waals surface area contributed by atoms with Crippen molar-refractivity contribution in [1.82, 2.24) is 15.1 Å². The Balaban J connectivity index is 2.88. The summed E-state index contributed by atoms with van der Waals surface area (Å²) in [5, 5.41) is 23.7. The van der Waals surface area contributed by atoms with Gasteiger partial charge < -0.3 is 15.5 Å². The zero-order valence-corrected chi connectivity index (χ0v) is 11.1. The van der Waals surface area contributed by atoms with Gasteiger partial charge in [0, 0.05) is 25.6 Å². The third kappa shape index (κ3) is 4.16. The first-order valence-corrected chi connectivity index (χ1v) is 6.22. The molecule has 1 rings (SSSR count). The summed E-state index contributed by atoms with van der Waals surface area (Å²) < 4.78 is 1.15. The summed E-state index contributed by atoms with van der Waals surface area (Å²) in [4.78, 5) is 34.2. The fourth-order valence-corrected chi connectivity index (χ4v) is 1.56. The molecular weight excluding hydrogens is 266 g/mol. The van der Waals surface area contributed by atoms with Crippen molar-refractivity contribution in [2.75, 3.05) is 6.61 Å². The first-order valence-electron chi connectivity index (χ1n) is 6.22. The third-order valence-electron chi connectivity index (χ3n) is 2.56. The SMILES string of the molecule is CCCn1nc(C(=O)N[C@@H](CCO)C(=O)O)ccc1=O. The average molecular weight is 283 g/mol. The van der Waals surface area contributed by atoms with E-state index >= 15 is 0 Å². The monoisotopic (exact) mass is 283 g/mol. The van der Waals surface area contributed by atoms with Crippen LogP contribution in [0.2, 0.25) is 0 Å². The molecule has 1 aromatic heterocycles. The highest BCUT2D eigenvalue weighted by Crippen LogP contribution is 1.97. The average Bonchev–Trinajstić information content (AvgIpc) is 2.40. The largest absolute Gasteiger partial charge is 0.480 e. The maximum Gasteiger partial charge on any atom is 0.326 e. The van der Waals surface area contributed by atoms with Gasteiger partial charge in [0.15, 0.2) is 0 Å². The molecule has 0 bridgehead atoms. The van der Waals surface area contributed by atoms with E-state index in [1.165, 1.54) is 12.1 Å². The molecule has 0 fully saturated rings. The lowest BCUT2D eigenvalue weighted by atomic mass is 10.2. The second-order valence-corrected chi connectivity index (χ2v) is 4.16. The smallest absolute Gasteiger partial charge is 0.326 e. The van der Waals surface area contributed by atoms with Crippen LogP contribution in [0.1, 0.15) is 30.3 Å². The number of amides is 1. The van der Waals surface area contributed by atoms with Gasteiger partial charge in [0.1, 0.15) is 11.7 Å². The minimum Gasteiger partial charge on any atom is -0.480 e. The van der Waals surface area contributed by atoms with Crippen LogP contribution in [0.4, 0.5) is 0 Å². The summed E-state index contributed by atoms with van der Waals surface area (Å²) in [6.07, 6.45) is 0.579. The summed E-state index contributed by atoms with van der Waals surface area (Å²) in [6, 6.07) is 1.25. The second-order valence-electron chi connectivity index (χ2n) is 4.16. The molecule has 1 aromatic rings. The normalized spacial score (nSPS) is 11.9. The lowest BCUT2D eigenvalue weighted by molar-refractivity contribution is -0.139. The maximum absolute atomic E-state index is 11.9. The highest BCUT2D eigenvalue weighted by molar-refractivity contribution is 5.94. The number of aromatic nitrogens is 2. The molecule has 8 nitrogen and oxygen atoms in total. The van der Waals surface area contributed by atoms with Crippen molar-refractivity contribution in [2.45, 2.75) is 32.4 Å². The minimum absolute atomic E-state index is 0.0396. The summed E-state index contributed by atoms with van der Waals surface area (Å²) in [6.45, 7) is 1.88.